The fraction of sp³-hybridized carbons (Fsp3) is 0.0588. The molecule has 2 nitrogen and oxygen atoms in total. The second-order valence-electron chi connectivity index (χ2n) is 4.77. The van der Waals surface area contributed by atoms with E-state index in [1.54, 1.807) is 13.2 Å². The fourth-order valence-corrected chi connectivity index (χ4v) is 3.00. The third-order valence-corrected chi connectivity index (χ3v) is 3.80. The van der Waals surface area contributed by atoms with Gasteiger partial charge in [0.2, 0.25) is 0 Å². The van der Waals surface area contributed by atoms with Gasteiger partial charge in [0.25, 0.3) is 0 Å². The lowest BCUT2D eigenvalue weighted by Crippen LogP contribution is -1.85. The summed E-state index contributed by atoms with van der Waals surface area (Å²) in [6.07, 6.45) is 0. The maximum atomic E-state index is 9.71. The van der Waals surface area contributed by atoms with Gasteiger partial charge in [-0.25, -0.2) is 0 Å². The van der Waals surface area contributed by atoms with Crippen LogP contribution in [0.1, 0.15) is 0 Å². The molecule has 0 unspecified atom stereocenters. The number of phenolic OH excluding ortho intramolecular Hbond substituents is 1. The number of fused-ring (bicyclic) bond motifs is 3. The molecule has 3 aromatic rings. The molecule has 19 heavy (non-hydrogen) atoms. The van der Waals surface area contributed by atoms with E-state index in [1.165, 1.54) is 16.5 Å². The molecule has 1 N–H and O–H groups in total. The van der Waals surface area contributed by atoms with Gasteiger partial charge in [-0.05, 0) is 40.5 Å². The number of phenols is 1. The molecule has 2 heteroatoms. The Bertz CT molecular complexity index is 819. The summed E-state index contributed by atoms with van der Waals surface area (Å²) in [4.78, 5) is 0. The Balaban J connectivity index is 2.20. The van der Waals surface area contributed by atoms with Crippen LogP contribution in [0.3, 0.4) is 0 Å². The lowest BCUT2D eigenvalue weighted by Gasteiger charge is -2.07. The summed E-state index contributed by atoms with van der Waals surface area (Å²) in [5.74, 6) is 1.19. The molecule has 1 aliphatic carbocycles. The number of ether oxygens (including phenoxy) is 1. The quantitative estimate of drug-likeness (QED) is 0.547. The molecule has 0 heterocycles. The predicted molar refractivity (Wildman–Crippen MR) is 76.6 cm³/mol. The molecule has 1 aliphatic rings. The van der Waals surface area contributed by atoms with Crippen LogP contribution in [-0.2, 0) is 0 Å². The van der Waals surface area contributed by atoms with Crippen LogP contribution in [0.5, 0.6) is 11.5 Å². The Morgan fingerprint density at radius 3 is 2.47 bits per heavy atom. The smallest absolute Gasteiger partial charge is 0.126 e. The minimum absolute atomic E-state index is 0.301. The van der Waals surface area contributed by atoms with Crippen molar-refractivity contribution in [1.82, 2.24) is 0 Å². The molecule has 0 aliphatic heterocycles. The highest BCUT2D eigenvalue weighted by molar-refractivity contribution is 6.16. The Morgan fingerprint density at radius 1 is 0.842 bits per heavy atom. The van der Waals surface area contributed by atoms with Crippen molar-refractivity contribution in [3.8, 4) is 33.8 Å². The Morgan fingerprint density at radius 2 is 1.63 bits per heavy atom. The van der Waals surface area contributed by atoms with Crippen LogP contribution in [0.2, 0.25) is 0 Å². The van der Waals surface area contributed by atoms with Crippen LogP contribution >= 0.6 is 0 Å². The SMILES string of the molecule is COc1ccc2c3c(cccc13)-c1ccc(O)cc1-2. The first-order chi connectivity index (χ1) is 9.29. The average molecular weight is 248 g/mol. The van der Waals surface area contributed by atoms with Crippen molar-refractivity contribution >= 4 is 10.8 Å². The lowest BCUT2D eigenvalue weighted by atomic mass is 10.0. The average Bonchev–Trinajstić information content (AvgIpc) is 2.75. The number of methoxy groups -OCH3 is 1. The zero-order valence-corrected chi connectivity index (χ0v) is 10.5. The largest absolute Gasteiger partial charge is 0.508 e. The van der Waals surface area contributed by atoms with Gasteiger partial charge in [-0.1, -0.05) is 30.3 Å². The molecule has 0 fully saturated rings. The maximum Gasteiger partial charge on any atom is 0.126 e. The third-order valence-electron chi connectivity index (χ3n) is 3.80. The van der Waals surface area contributed by atoms with Gasteiger partial charge in [0, 0.05) is 10.8 Å². The molecule has 0 saturated carbocycles. The van der Waals surface area contributed by atoms with E-state index < -0.39 is 0 Å². The Labute approximate surface area is 110 Å². The molecule has 92 valence electrons. The molecule has 0 atom stereocenters. The zero-order valence-electron chi connectivity index (χ0n) is 10.5. The molecule has 0 spiro atoms. The highest BCUT2D eigenvalue weighted by Gasteiger charge is 2.22. The summed E-state index contributed by atoms with van der Waals surface area (Å²) in [5, 5.41) is 12.0. The van der Waals surface area contributed by atoms with Crippen molar-refractivity contribution in [2.45, 2.75) is 0 Å². The number of hydrogen-bond acceptors (Lipinski definition) is 2. The standard InChI is InChI=1S/C17H12O2/c1-19-16-8-7-13-15-9-10(18)5-6-11(15)12-3-2-4-14(16)17(12)13/h2-9,18H,1H3. The molecule has 0 bridgehead atoms. The molecule has 3 aromatic carbocycles. The van der Waals surface area contributed by atoms with Crippen molar-refractivity contribution in [2.75, 3.05) is 7.11 Å². The van der Waals surface area contributed by atoms with Crippen molar-refractivity contribution < 1.29 is 9.84 Å². The lowest BCUT2D eigenvalue weighted by molar-refractivity contribution is 0.420. The Kier molecular flexibility index (Phi) is 1.93. The number of hydrogen-bond donors (Lipinski definition) is 1. The van der Waals surface area contributed by atoms with Gasteiger partial charge >= 0.3 is 0 Å². The number of rotatable bonds is 1. The van der Waals surface area contributed by atoms with Crippen molar-refractivity contribution in [3.63, 3.8) is 0 Å². The first kappa shape index (κ1) is 10.4. The summed E-state index contributed by atoms with van der Waals surface area (Å²) in [6.45, 7) is 0. The number of benzene rings is 3. The fourth-order valence-electron chi connectivity index (χ4n) is 3.00. The van der Waals surface area contributed by atoms with Gasteiger partial charge in [0.1, 0.15) is 11.5 Å². The van der Waals surface area contributed by atoms with E-state index in [0.717, 1.165) is 22.3 Å². The van der Waals surface area contributed by atoms with Crippen LogP contribution in [0, 0.1) is 0 Å². The van der Waals surface area contributed by atoms with E-state index in [-0.39, 0.29) is 0 Å². The predicted octanol–water partition coefficient (Wildman–Crippen LogP) is 4.20. The van der Waals surface area contributed by atoms with Gasteiger partial charge in [0.15, 0.2) is 0 Å². The van der Waals surface area contributed by atoms with E-state index in [0.29, 0.717) is 5.75 Å². The van der Waals surface area contributed by atoms with Gasteiger partial charge in [-0.2, -0.15) is 0 Å². The molecular formula is C17H12O2. The van der Waals surface area contributed by atoms with Gasteiger partial charge in [-0.15, -0.1) is 0 Å². The highest BCUT2D eigenvalue weighted by atomic mass is 16.5. The minimum atomic E-state index is 0.301. The van der Waals surface area contributed by atoms with Crippen LogP contribution in [0.15, 0.2) is 48.5 Å². The summed E-state index contributed by atoms with van der Waals surface area (Å²) in [7, 11) is 1.69. The molecule has 0 aromatic heterocycles. The highest BCUT2D eigenvalue weighted by Crippen LogP contribution is 2.49. The van der Waals surface area contributed by atoms with Crippen molar-refractivity contribution in [3.05, 3.63) is 48.5 Å². The summed E-state index contributed by atoms with van der Waals surface area (Å²) < 4.78 is 5.44. The topological polar surface area (TPSA) is 29.5 Å². The van der Waals surface area contributed by atoms with Gasteiger partial charge < -0.3 is 9.84 Å². The second kappa shape index (κ2) is 3.51. The van der Waals surface area contributed by atoms with Crippen LogP contribution in [-0.4, -0.2) is 12.2 Å². The third kappa shape index (κ3) is 1.26. The van der Waals surface area contributed by atoms with Crippen molar-refractivity contribution in [2.24, 2.45) is 0 Å². The second-order valence-corrected chi connectivity index (χ2v) is 4.77. The van der Waals surface area contributed by atoms with Crippen LogP contribution < -0.4 is 4.74 Å². The normalized spacial score (nSPS) is 11.6. The monoisotopic (exact) mass is 248 g/mol. The molecule has 0 amide bonds. The minimum Gasteiger partial charge on any atom is -0.508 e. The molecule has 0 radical (unpaired) electrons. The van der Waals surface area contributed by atoms with E-state index in [2.05, 4.69) is 18.2 Å². The molecular weight excluding hydrogens is 236 g/mol. The maximum absolute atomic E-state index is 9.71. The van der Waals surface area contributed by atoms with Gasteiger partial charge in [-0.3, -0.25) is 0 Å². The van der Waals surface area contributed by atoms with E-state index in [9.17, 15) is 5.11 Å². The van der Waals surface area contributed by atoms with E-state index in [4.69, 9.17) is 4.74 Å². The zero-order chi connectivity index (χ0) is 13.0. The van der Waals surface area contributed by atoms with Gasteiger partial charge in [0.05, 0.1) is 7.11 Å². The van der Waals surface area contributed by atoms with E-state index in [1.807, 2.05) is 24.3 Å². The first-order valence-electron chi connectivity index (χ1n) is 6.23. The summed E-state index contributed by atoms with van der Waals surface area (Å²) >= 11 is 0. The first-order valence-corrected chi connectivity index (χ1v) is 6.23. The van der Waals surface area contributed by atoms with Crippen LogP contribution in [0.4, 0.5) is 0 Å². The summed E-state index contributed by atoms with van der Waals surface area (Å²) in [6, 6.07) is 15.8. The van der Waals surface area contributed by atoms with Crippen molar-refractivity contribution in [1.29, 1.82) is 0 Å². The molecule has 0 saturated heterocycles. The molecule has 4 rings (SSSR count). The Hall–Kier alpha value is -2.48. The van der Waals surface area contributed by atoms with E-state index >= 15 is 0 Å². The number of aromatic hydroxyl groups is 1. The summed E-state index contributed by atoms with van der Waals surface area (Å²) in [5.41, 5.74) is 4.64. The van der Waals surface area contributed by atoms with Crippen LogP contribution in [0.25, 0.3) is 33.0 Å².